The van der Waals surface area contributed by atoms with Gasteiger partial charge in [-0.3, -0.25) is 9.67 Å². The third kappa shape index (κ3) is 9.44. The Kier molecular flexibility index (Phi) is 13.9. The lowest BCUT2D eigenvalue weighted by atomic mass is 9.93. The zero-order chi connectivity index (χ0) is 17.8. The van der Waals surface area contributed by atoms with Crippen LogP contribution >= 0.6 is 24.0 Å². The number of halogens is 1. The molecule has 1 heterocycles. The summed E-state index contributed by atoms with van der Waals surface area (Å²) in [5.74, 6) is 1.60. The van der Waals surface area contributed by atoms with Crippen LogP contribution in [0.3, 0.4) is 0 Å². The fourth-order valence-electron chi connectivity index (χ4n) is 2.97. The van der Waals surface area contributed by atoms with Crippen LogP contribution in [0.1, 0.15) is 40.0 Å². The highest BCUT2D eigenvalue weighted by atomic mass is 127. The molecule has 1 aromatic rings. The largest absolute Gasteiger partial charge is 0.357 e. The van der Waals surface area contributed by atoms with E-state index in [9.17, 15) is 0 Å². The average molecular weight is 464 g/mol. The number of nitrogens with one attached hydrogen (secondary N) is 2. The Labute approximate surface area is 170 Å². The van der Waals surface area contributed by atoms with Crippen molar-refractivity contribution in [2.75, 3.05) is 33.7 Å². The molecule has 0 radical (unpaired) electrons. The maximum Gasteiger partial charge on any atom is 0.191 e. The van der Waals surface area contributed by atoms with Gasteiger partial charge in [-0.1, -0.05) is 26.7 Å². The maximum absolute atomic E-state index is 4.82. The zero-order valence-electron chi connectivity index (χ0n) is 16.5. The van der Waals surface area contributed by atoms with Gasteiger partial charge in [0.1, 0.15) is 0 Å². The molecule has 1 aromatic heterocycles. The lowest BCUT2D eigenvalue weighted by Crippen LogP contribution is -2.41. The second-order valence-corrected chi connectivity index (χ2v) is 6.38. The molecule has 0 aliphatic rings. The van der Waals surface area contributed by atoms with Crippen LogP contribution in [0.25, 0.3) is 0 Å². The van der Waals surface area contributed by atoms with E-state index in [0.29, 0.717) is 12.0 Å². The fraction of sp³-hybridized carbons (Fsp3) is 0.778. The molecule has 1 rings (SSSR count). The van der Waals surface area contributed by atoms with Crippen LogP contribution in [-0.2, 0) is 6.54 Å². The Bertz CT molecular complexity index is 442. The Balaban J connectivity index is 0.00000576. The van der Waals surface area contributed by atoms with Crippen LogP contribution in [0.4, 0.5) is 0 Å². The van der Waals surface area contributed by atoms with E-state index in [1.54, 1.807) is 0 Å². The van der Waals surface area contributed by atoms with E-state index >= 15 is 0 Å². The van der Waals surface area contributed by atoms with Crippen LogP contribution in [0.5, 0.6) is 0 Å². The summed E-state index contributed by atoms with van der Waals surface area (Å²) in [6.45, 7) is 10.2. The summed E-state index contributed by atoms with van der Waals surface area (Å²) < 4.78 is 1.96. The average Bonchev–Trinajstić information content (AvgIpc) is 3.08. The summed E-state index contributed by atoms with van der Waals surface area (Å²) in [6, 6.07) is 2.44. The minimum Gasteiger partial charge on any atom is -0.357 e. The number of aliphatic imine (C=N–C) groups is 1. The molecule has 0 saturated carbocycles. The van der Waals surface area contributed by atoms with Gasteiger partial charge in [-0.25, -0.2) is 0 Å². The monoisotopic (exact) mass is 464 g/mol. The first-order valence-electron chi connectivity index (χ1n) is 9.28. The van der Waals surface area contributed by atoms with Crippen LogP contribution in [0, 0.1) is 5.92 Å². The van der Waals surface area contributed by atoms with Gasteiger partial charge in [0.05, 0.1) is 6.54 Å². The van der Waals surface area contributed by atoms with E-state index in [1.807, 2.05) is 23.1 Å². The molecule has 1 unspecified atom stereocenters. The molecule has 6 nitrogen and oxygen atoms in total. The summed E-state index contributed by atoms with van der Waals surface area (Å²) in [5, 5.41) is 11.0. The van der Waals surface area contributed by atoms with Crippen molar-refractivity contribution in [3.63, 3.8) is 0 Å². The minimum atomic E-state index is 0. The third-order valence-corrected chi connectivity index (χ3v) is 4.45. The summed E-state index contributed by atoms with van der Waals surface area (Å²) in [4.78, 5) is 7.12. The minimum absolute atomic E-state index is 0. The van der Waals surface area contributed by atoms with Gasteiger partial charge in [0.2, 0.25) is 0 Å². The van der Waals surface area contributed by atoms with E-state index in [0.717, 1.165) is 38.6 Å². The van der Waals surface area contributed by atoms with Gasteiger partial charge in [-0.05, 0) is 39.4 Å². The Morgan fingerprint density at radius 2 is 1.92 bits per heavy atom. The molecule has 0 aliphatic heterocycles. The van der Waals surface area contributed by atoms with Gasteiger partial charge in [0.25, 0.3) is 0 Å². The number of aromatic nitrogens is 2. The second kappa shape index (κ2) is 14.4. The molecule has 146 valence electrons. The SMILES string of the molecule is CCNC(=NCC(C(CC)CC)N(C)C)NCCCn1cccn1.I. The van der Waals surface area contributed by atoms with Crippen molar-refractivity contribution < 1.29 is 0 Å². The molecule has 1 atom stereocenters. The van der Waals surface area contributed by atoms with Crippen LogP contribution < -0.4 is 10.6 Å². The normalized spacial score (nSPS) is 13.0. The number of nitrogens with zero attached hydrogens (tertiary/aromatic N) is 4. The van der Waals surface area contributed by atoms with Crippen molar-refractivity contribution in [2.24, 2.45) is 10.9 Å². The number of rotatable bonds is 11. The van der Waals surface area contributed by atoms with Crippen molar-refractivity contribution in [2.45, 2.75) is 52.6 Å². The van der Waals surface area contributed by atoms with Crippen molar-refractivity contribution in [1.82, 2.24) is 25.3 Å². The standard InChI is InChI=1S/C18H36N6.HI/c1-6-16(7-2)17(23(4)5)15-21-18(19-8-3)20-11-9-13-24-14-10-12-22-24;/h10,12,14,16-17H,6-9,11,13,15H2,1-5H3,(H2,19,20,21);1H. The molecule has 0 fully saturated rings. The molecule has 0 saturated heterocycles. The van der Waals surface area contributed by atoms with Crippen LogP contribution in [0.15, 0.2) is 23.5 Å². The molecular weight excluding hydrogens is 427 g/mol. The fourth-order valence-corrected chi connectivity index (χ4v) is 2.97. The number of guanidine groups is 1. The molecule has 0 amide bonds. The van der Waals surface area contributed by atoms with E-state index in [1.165, 1.54) is 12.8 Å². The van der Waals surface area contributed by atoms with Crippen molar-refractivity contribution in [1.29, 1.82) is 0 Å². The second-order valence-electron chi connectivity index (χ2n) is 6.38. The lowest BCUT2D eigenvalue weighted by molar-refractivity contribution is 0.206. The molecule has 0 bridgehead atoms. The van der Waals surface area contributed by atoms with Crippen LogP contribution in [0.2, 0.25) is 0 Å². The topological polar surface area (TPSA) is 57.5 Å². The highest BCUT2D eigenvalue weighted by Crippen LogP contribution is 2.17. The van der Waals surface area contributed by atoms with E-state index in [4.69, 9.17) is 4.99 Å². The predicted molar refractivity (Wildman–Crippen MR) is 118 cm³/mol. The molecule has 7 heteroatoms. The Morgan fingerprint density at radius 1 is 1.20 bits per heavy atom. The van der Waals surface area contributed by atoms with Crippen molar-refractivity contribution in [3.8, 4) is 0 Å². The summed E-state index contributed by atoms with van der Waals surface area (Å²) in [6.07, 6.45) is 7.23. The van der Waals surface area contributed by atoms with Crippen molar-refractivity contribution in [3.05, 3.63) is 18.5 Å². The molecule has 0 aliphatic carbocycles. The lowest BCUT2D eigenvalue weighted by Gasteiger charge is -2.30. The van der Waals surface area contributed by atoms with Gasteiger partial charge in [0, 0.05) is 38.1 Å². The first-order chi connectivity index (χ1) is 11.6. The molecule has 2 N–H and O–H groups in total. The number of likely N-dealkylation sites (N-methyl/N-ethyl adjacent to an activating group) is 1. The quantitative estimate of drug-likeness (QED) is 0.229. The van der Waals surface area contributed by atoms with Gasteiger partial charge in [0.15, 0.2) is 5.96 Å². The highest BCUT2D eigenvalue weighted by Gasteiger charge is 2.20. The van der Waals surface area contributed by atoms with E-state index in [2.05, 4.69) is 55.5 Å². The predicted octanol–water partition coefficient (Wildman–Crippen LogP) is 2.81. The summed E-state index contributed by atoms with van der Waals surface area (Å²) >= 11 is 0. The number of hydrogen-bond donors (Lipinski definition) is 2. The number of aryl methyl sites for hydroxylation is 1. The maximum atomic E-state index is 4.82. The van der Waals surface area contributed by atoms with Gasteiger partial charge >= 0.3 is 0 Å². The summed E-state index contributed by atoms with van der Waals surface area (Å²) in [7, 11) is 4.31. The van der Waals surface area contributed by atoms with E-state index in [-0.39, 0.29) is 24.0 Å². The molecule has 0 spiro atoms. The smallest absolute Gasteiger partial charge is 0.191 e. The Morgan fingerprint density at radius 3 is 2.44 bits per heavy atom. The number of hydrogen-bond acceptors (Lipinski definition) is 3. The first-order valence-corrected chi connectivity index (χ1v) is 9.28. The van der Waals surface area contributed by atoms with Gasteiger partial charge in [-0.2, -0.15) is 5.10 Å². The third-order valence-electron chi connectivity index (χ3n) is 4.45. The van der Waals surface area contributed by atoms with Crippen molar-refractivity contribution >= 4 is 29.9 Å². The summed E-state index contributed by atoms with van der Waals surface area (Å²) in [5.41, 5.74) is 0. The first kappa shape index (κ1) is 24.2. The zero-order valence-corrected chi connectivity index (χ0v) is 18.9. The molecule has 0 aromatic carbocycles. The van der Waals surface area contributed by atoms with E-state index < -0.39 is 0 Å². The Hall–Kier alpha value is -0.830. The van der Waals surface area contributed by atoms with Crippen LogP contribution in [-0.4, -0.2) is 60.4 Å². The molecular formula is C18H37IN6. The molecule has 25 heavy (non-hydrogen) atoms. The van der Waals surface area contributed by atoms with Gasteiger partial charge in [-0.15, -0.1) is 24.0 Å². The van der Waals surface area contributed by atoms with Gasteiger partial charge < -0.3 is 15.5 Å². The highest BCUT2D eigenvalue weighted by molar-refractivity contribution is 14.0.